The standard InChI is InChI=1S/C18H18O2/c1-13(2)18(15-11-7-4-8-12-15)17(20-18)16(19)14-9-5-3-6-10-14/h3-13,17H,1-2H3/t17-,18+/m0/s1. The van der Waals surface area contributed by atoms with Gasteiger partial charge in [0.1, 0.15) is 5.60 Å². The van der Waals surface area contributed by atoms with Crippen LogP contribution in [0.4, 0.5) is 0 Å². The third-order valence-corrected chi connectivity index (χ3v) is 4.02. The topological polar surface area (TPSA) is 29.6 Å². The minimum absolute atomic E-state index is 0.0724. The summed E-state index contributed by atoms with van der Waals surface area (Å²) >= 11 is 0. The van der Waals surface area contributed by atoms with Gasteiger partial charge in [-0.3, -0.25) is 4.79 Å². The van der Waals surface area contributed by atoms with Crippen molar-refractivity contribution in [2.75, 3.05) is 0 Å². The van der Waals surface area contributed by atoms with Gasteiger partial charge in [0, 0.05) is 5.56 Å². The van der Waals surface area contributed by atoms with Gasteiger partial charge in [0.25, 0.3) is 0 Å². The summed E-state index contributed by atoms with van der Waals surface area (Å²) in [6.45, 7) is 4.20. The van der Waals surface area contributed by atoms with E-state index < -0.39 is 5.60 Å². The van der Waals surface area contributed by atoms with Gasteiger partial charge in [-0.2, -0.15) is 0 Å². The summed E-state index contributed by atoms with van der Waals surface area (Å²) in [6, 6.07) is 19.4. The zero-order valence-corrected chi connectivity index (χ0v) is 11.7. The average Bonchev–Trinajstić information content (AvgIpc) is 3.25. The second-order valence-electron chi connectivity index (χ2n) is 5.54. The van der Waals surface area contributed by atoms with Crippen LogP contribution in [0.25, 0.3) is 0 Å². The molecule has 102 valence electrons. The molecule has 2 aromatic carbocycles. The molecule has 2 atom stereocenters. The molecule has 2 aromatic rings. The molecule has 1 saturated heterocycles. The molecule has 0 aromatic heterocycles. The molecule has 0 spiro atoms. The van der Waals surface area contributed by atoms with Crippen LogP contribution in [0.5, 0.6) is 0 Å². The van der Waals surface area contributed by atoms with Gasteiger partial charge in [0.15, 0.2) is 11.9 Å². The maximum absolute atomic E-state index is 12.6. The minimum Gasteiger partial charge on any atom is -0.352 e. The van der Waals surface area contributed by atoms with Crippen LogP contribution in [0.15, 0.2) is 60.7 Å². The summed E-state index contributed by atoms with van der Waals surface area (Å²) in [5.74, 6) is 0.325. The summed E-state index contributed by atoms with van der Waals surface area (Å²) in [5.41, 5.74) is 1.34. The Hall–Kier alpha value is -1.93. The number of hydrogen-bond acceptors (Lipinski definition) is 2. The summed E-state index contributed by atoms with van der Waals surface area (Å²) in [5, 5.41) is 0. The highest BCUT2D eigenvalue weighted by molar-refractivity contribution is 6.02. The Morgan fingerprint density at radius 1 is 1.00 bits per heavy atom. The van der Waals surface area contributed by atoms with Crippen LogP contribution in [-0.2, 0) is 10.3 Å². The average molecular weight is 266 g/mol. The first-order chi connectivity index (χ1) is 9.66. The molecule has 1 aliphatic heterocycles. The fourth-order valence-corrected chi connectivity index (χ4v) is 2.85. The van der Waals surface area contributed by atoms with Crippen LogP contribution in [-0.4, -0.2) is 11.9 Å². The minimum atomic E-state index is -0.464. The molecule has 20 heavy (non-hydrogen) atoms. The first kappa shape index (κ1) is 13.1. The first-order valence-electron chi connectivity index (χ1n) is 6.99. The zero-order chi connectivity index (χ0) is 14.2. The number of hydrogen-bond donors (Lipinski definition) is 0. The van der Waals surface area contributed by atoms with E-state index in [1.807, 2.05) is 60.7 Å². The first-order valence-corrected chi connectivity index (χ1v) is 6.99. The van der Waals surface area contributed by atoms with Gasteiger partial charge in [-0.15, -0.1) is 0 Å². The summed E-state index contributed by atoms with van der Waals surface area (Å²) in [4.78, 5) is 12.6. The number of carbonyl (C=O) groups excluding carboxylic acids is 1. The normalized spacial score (nSPS) is 24.6. The van der Waals surface area contributed by atoms with Gasteiger partial charge in [-0.25, -0.2) is 0 Å². The highest BCUT2D eigenvalue weighted by Gasteiger charge is 2.63. The van der Waals surface area contributed by atoms with Gasteiger partial charge in [0.2, 0.25) is 0 Å². The van der Waals surface area contributed by atoms with Crippen molar-refractivity contribution in [2.45, 2.75) is 25.6 Å². The highest BCUT2D eigenvalue weighted by Crippen LogP contribution is 2.53. The number of ketones is 1. The van der Waals surface area contributed by atoms with E-state index in [1.54, 1.807) is 0 Å². The molecule has 2 nitrogen and oxygen atoms in total. The van der Waals surface area contributed by atoms with Crippen molar-refractivity contribution >= 4 is 5.78 Å². The van der Waals surface area contributed by atoms with Crippen LogP contribution in [0.2, 0.25) is 0 Å². The van der Waals surface area contributed by atoms with Gasteiger partial charge in [-0.05, 0) is 11.5 Å². The van der Waals surface area contributed by atoms with Crippen molar-refractivity contribution in [3.63, 3.8) is 0 Å². The third kappa shape index (κ3) is 1.97. The van der Waals surface area contributed by atoms with Crippen molar-refractivity contribution in [3.8, 4) is 0 Å². The second-order valence-corrected chi connectivity index (χ2v) is 5.54. The highest BCUT2D eigenvalue weighted by atomic mass is 16.6. The quantitative estimate of drug-likeness (QED) is 0.622. The van der Waals surface area contributed by atoms with Crippen LogP contribution in [0.1, 0.15) is 29.8 Å². The maximum Gasteiger partial charge on any atom is 0.194 e. The number of carbonyl (C=O) groups is 1. The van der Waals surface area contributed by atoms with E-state index in [0.29, 0.717) is 0 Å². The van der Waals surface area contributed by atoms with Crippen LogP contribution in [0, 0.1) is 5.92 Å². The Morgan fingerprint density at radius 2 is 1.55 bits per heavy atom. The van der Waals surface area contributed by atoms with Crippen molar-refractivity contribution in [1.29, 1.82) is 0 Å². The van der Waals surface area contributed by atoms with Crippen molar-refractivity contribution in [3.05, 3.63) is 71.8 Å². The number of ether oxygens (including phenoxy) is 1. The lowest BCUT2D eigenvalue weighted by Crippen LogP contribution is -2.24. The predicted molar refractivity (Wildman–Crippen MR) is 78.6 cm³/mol. The van der Waals surface area contributed by atoms with Crippen molar-refractivity contribution in [1.82, 2.24) is 0 Å². The zero-order valence-electron chi connectivity index (χ0n) is 11.7. The van der Waals surface area contributed by atoms with E-state index >= 15 is 0 Å². The summed E-state index contributed by atoms with van der Waals surface area (Å²) in [6.07, 6.45) is -0.368. The maximum atomic E-state index is 12.6. The molecule has 1 fully saturated rings. The molecule has 0 unspecified atom stereocenters. The van der Waals surface area contributed by atoms with E-state index in [4.69, 9.17) is 4.74 Å². The van der Waals surface area contributed by atoms with Crippen LogP contribution < -0.4 is 0 Å². The monoisotopic (exact) mass is 266 g/mol. The molecule has 0 radical (unpaired) electrons. The number of epoxide rings is 1. The molecule has 0 bridgehead atoms. The van der Waals surface area contributed by atoms with Crippen LogP contribution in [0.3, 0.4) is 0 Å². The second kappa shape index (κ2) is 4.88. The van der Waals surface area contributed by atoms with Gasteiger partial charge >= 0.3 is 0 Å². The number of benzene rings is 2. The number of rotatable bonds is 4. The van der Waals surface area contributed by atoms with Gasteiger partial charge < -0.3 is 4.74 Å². The van der Waals surface area contributed by atoms with Gasteiger partial charge in [0.05, 0.1) is 0 Å². The van der Waals surface area contributed by atoms with E-state index in [2.05, 4.69) is 13.8 Å². The van der Waals surface area contributed by atoms with Crippen molar-refractivity contribution in [2.24, 2.45) is 5.92 Å². The smallest absolute Gasteiger partial charge is 0.194 e. The molecule has 0 saturated carbocycles. The Morgan fingerprint density at radius 3 is 2.10 bits per heavy atom. The van der Waals surface area contributed by atoms with Gasteiger partial charge in [-0.1, -0.05) is 74.5 Å². The lowest BCUT2D eigenvalue weighted by Gasteiger charge is -2.17. The predicted octanol–water partition coefficient (Wildman–Crippen LogP) is 3.82. The Balaban J connectivity index is 1.93. The van der Waals surface area contributed by atoms with E-state index in [1.165, 1.54) is 0 Å². The fourth-order valence-electron chi connectivity index (χ4n) is 2.85. The van der Waals surface area contributed by atoms with Crippen LogP contribution >= 0.6 is 0 Å². The molecule has 0 amide bonds. The molecule has 0 N–H and O–H groups in total. The lowest BCUT2D eigenvalue weighted by atomic mass is 9.83. The SMILES string of the molecule is CC(C)[C@]1(c2ccccc2)O[C@H]1C(=O)c1ccccc1. The van der Waals surface area contributed by atoms with Crippen molar-refractivity contribution < 1.29 is 9.53 Å². The fraction of sp³-hybridized carbons (Fsp3) is 0.278. The molecule has 1 aliphatic rings. The lowest BCUT2D eigenvalue weighted by molar-refractivity contribution is 0.0953. The molecule has 3 rings (SSSR count). The van der Waals surface area contributed by atoms with E-state index in [0.717, 1.165) is 11.1 Å². The molecular weight excluding hydrogens is 248 g/mol. The van der Waals surface area contributed by atoms with E-state index in [-0.39, 0.29) is 17.8 Å². The third-order valence-electron chi connectivity index (χ3n) is 4.02. The summed E-state index contributed by atoms with van der Waals surface area (Å²) < 4.78 is 5.92. The summed E-state index contributed by atoms with van der Waals surface area (Å²) in [7, 11) is 0. The largest absolute Gasteiger partial charge is 0.352 e. The molecule has 0 aliphatic carbocycles. The number of Topliss-reactive ketones (excluding diaryl/α,β-unsaturated/α-hetero) is 1. The Kier molecular flexibility index (Phi) is 3.19. The molecular formula is C18H18O2. The molecule has 1 heterocycles. The van der Waals surface area contributed by atoms with E-state index in [9.17, 15) is 4.79 Å². The Labute approximate surface area is 119 Å². The molecule has 2 heteroatoms. The Bertz CT molecular complexity index is 604.